The molecule has 1 amide bonds. The van der Waals surface area contributed by atoms with Crippen molar-refractivity contribution in [2.24, 2.45) is 5.92 Å². The standard InChI is InChI=1S/C19H25N3O2S/c1-14(2)12-17(23)20-19-21-18(15-6-4-3-5-7-15)16(25-19)13-22-8-10-24-11-9-22/h3-7,14H,8-13H2,1-2H3,(H,20,21,23). The summed E-state index contributed by atoms with van der Waals surface area (Å²) in [5, 5.41) is 3.65. The van der Waals surface area contributed by atoms with Crippen molar-refractivity contribution in [2.45, 2.75) is 26.8 Å². The number of benzene rings is 1. The van der Waals surface area contributed by atoms with Crippen molar-refractivity contribution in [1.29, 1.82) is 0 Å². The lowest BCUT2D eigenvalue weighted by atomic mass is 10.1. The molecular weight excluding hydrogens is 334 g/mol. The number of anilines is 1. The third-order valence-corrected chi connectivity index (χ3v) is 5.01. The number of morpholine rings is 1. The highest BCUT2D eigenvalue weighted by atomic mass is 32.1. The highest BCUT2D eigenvalue weighted by molar-refractivity contribution is 7.16. The summed E-state index contributed by atoms with van der Waals surface area (Å²) in [5.41, 5.74) is 2.06. The van der Waals surface area contributed by atoms with Crippen LogP contribution in [0.25, 0.3) is 11.3 Å². The van der Waals surface area contributed by atoms with Gasteiger partial charge >= 0.3 is 0 Å². The molecule has 134 valence electrons. The van der Waals surface area contributed by atoms with E-state index in [2.05, 4.69) is 22.3 Å². The van der Waals surface area contributed by atoms with Gasteiger partial charge in [0.15, 0.2) is 5.13 Å². The van der Waals surface area contributed by atoms with Crippen molar-refractivity contribution in [3.8, 4) is 11.3 Å². The minimum atomic E-state index is 0.0290. The molecular formula is C19H25N3O2S. The number of nitrogens with zero attached hydrogens (tertiary/aromatic N) is 2. The number of nitrogens with one attached hydrogen (secondary N) is 1. The van der Waals surface area contributed by atoms with Gasteiger partial charge in [-0.05, 0) is 5.92 Å². The summed E-state index contributed by atoms with van der Waals surface area (Å²) >= 11 is 1.58. The van der Waals surface area contributed by atoms with E-state index in [1.807, 2.05) is 32.0 Å². The van der Waals surface area contributed by atoms with Gasteiger partial charge < -0.3 is 10.1 Å². The van der Waals surface area contributed by atoms with Gasteiger partial charge in [-0.25, -0.2) is 4.98 Å². The maximum atomic E-state index is 12.1. The Bertz CT molecular complexity index is 694. The molecule has 5 nitrogen and oxygen atoms in total. The molecule has 1 aromatic carbocycles. The van der Waals surface area contributed by atoms with Crippen LogP contribution in [0.15, 0.2) is 30.3 Å². The van der Waals surface area contributed by atoms with E-state index in [4.69, 9.17) is 9.72 Å². The van der Waals surface area contributed by atoms with E-state index in [-0.39, 0.29) is 5.91 Å². The van der Waals surface area contributed by atoms with Crippen molar-refractivity contribution in [3.05, 3.63) is 35.2 Å². The van der Waals surface area contributed by atoms with Gasteiger partial charge in [0, 0.05) is 36.5 Å². The number of carbonyl (C=O) groups is 1. The molecule has 1 aliphatic heterocycles. The fraction of sp³-hybridized carbons (Fsp3) is 0.474. The van der Waals surface area contributed by atoms with Crippen LogP contribution in [0.2, 0.25) is 0 Å². The molecule has 2 aromatic rings. The molecule has 1 N–H and O–H groups in total. The predicted octanol–water partition coefficient (Wildman–Crippen LogP) is 3.63. The summed E-state index contributed by atoms with van der Waals surface area (Å²) in [6.07, 6.45) is 0.513. The first-order chi connectivity index (χ1) is 12.1. The Morgan fingerprint density at radius 2 is 2.00 bits per heavy atom. The Morgan fingerprint density at radius 3 is 2.68 bits per heavy atom. The lowest BCUT2D eigenvalue weighted by Crippen LogP contribution is -2.35. The summed E-state index contributed by atoms with van der Waals surface area (Å²) < 4.78 is 5.44. The molecule has 0 radical (unpaired) electrons. The van der Waals surface area contributed by atoms with Crippen LogP contribution in [0.1, 0.15) is 25.1 Å². The average molecular weight is 359 g/mol. The van der Waals surface area contributed by atoms with E-state index < -0.39 is 0 Å². The van der Waals surface area contributed by atoms with Crippen LogP contribution in [0, 0.1) is 5.92 Å². The zero-order valence-electron chi connectivity index (χ0n) is 14.8. The number of hydrogen-bond acceptors (Lipinski definition) is 5. The van der Waals surface area contributed by atoms with Crippen LogP contribution in [-0.2, 0) is 16.1 Å². The second-order valence-electron chi connectivity index (χ2n) is 6.69. The van der Waals surface area contributed by atoms with Crippen molar-refractivity contribution in [2.75, 3.05) is 31.6 Å². The van der Waals surface area contributed by atoms with Crippen LogP contribution >= 0.6 is 11.3 Å². The molecule has 0 atom stereocenters. The molecule has 0 unspecified atom stereocenters. The van der Waals surface area contributed by atoms with Crippen molar-refractivity contribution in [3.63, 3.8) is 0 Å². The van der Waals surface area contributed by atoms with Gasteiger partial charge in [0.25, 0.3) is 0 Å². The molecule has 1 saturated heterocycles. The summed E-state index contributed by atoms with van der Waals surface area (Å²) in [6.45, 7) is 8.34. The monoisotopic (exact) mass is 359 g/mol. The van der Waals surface area contributed by atoms with E-state index in [1.165, 1.54) is 4.88 Å². The smallest absolute Gasteiger partial charge is 0.226 e. The molecule has 0 saturated carbocycles. The fourth-order valence-electron chi connectivity index (χ4n) is 2.84. The van der Waals surface area contributed by atoms with Gasteiger partial charge in [0.2, 0.25) is 5.91 Å². The predicted molar refractivity (Wildman–Crippen MR) is 102 cm³/mol. The van der Waals surface area contributed by atoms with Crippen LogP contribution < -0.4 is 5.32 Å². The molecule has 0 bridgehead atoms. The van der Waals surface area contributed by atoms with E-state index in [1.54, 1.807) is 11.3 Å². The third-order valence-electron chi connectivity index (χ3n) is 4.06. The fourth-order valence-corrected chi connectivity index (χ4v) is 3.88. The van der Waals surface area contributed by atoms with Crippen LogP contribution in [0.5, 0.6) is 0 Å². The second-order valence-corrected chi connectivity index (χ2v) is 7.78. The molecule has 2 heterocycles. The first-order valence-corrected chi connectivity index (χ1v) is 9.58. The zero-order chi connectivity index (χ0) is 17.6. The first kappa shape index (κ1) is 18.0. The zero-order valence-corrected chi connectivity index (χ0v) is 15.6. The highest BCUT2D eigenvalue weighted by Gasteiger charge is 2.19. The van der Waals surface area contributed by atoms with Crippen molar-refractivity contribution < 1.29 is 9.53 Å². The van der Waals surface area contributed by atoms with E-state index in [0.29, 0.717) is 17.5 Å². The van der Waals surface area contributed by atoms with Gasteiger partial charge in [0.1, 0.15) is 0 Å². The van der Waals surface area contributed by atoms with Crippen LogP contribution in [0.4, 0.5) is 5.13 Å². The van der Waals surface area contributed by atoms with E-state index >= 15 is 0 Å². The largest absolute Gasteiger partial charge is 0.379 e. The molecule has 25 heavy (non-hydrogen) atoms. The normalized spacial score (nSPS) is 15.5. The van der Waals surface area contributed by atoms with Crippen LogP contribution in [0.3, 0.4) is 0 Å². The summed E-state index contributed by atoms with van der Waals surface area (Å²) in [5.74, 6) is 0.364. The number of thiazole rings is 1. The number of carbonyl (C=O) groups excluding carboxylic acids is 1. The topological polar surface area (TPSA) is 54.5 Å². The molecule has 6 heteroatoms. The Morgan fingerprint density at radius 1 is 1.28 bits per heavy atom. The Labute approximate surface area is 153 Å². The summed E-state index contributed by atoms with van der Waals surface area (Å²) in [4.78, 5) is 20.4. The van der Waals surface area contributed by atoms with E-state index in [9.17, 15) is 4.79 Å². The van der Waals surface area contributed by atoms with Crippen LogP contribution in [-0.4, -0.2) is 42.1 Å². The van der Waals surface area contributed by atoms with Gasteiger partial charge in [-0.3, -0.25) is 9.69 Å². The molecule has 1 fully saturated rings. The number of ether oxygens (including phenoxy) is 1. The molecule has 0 aliphatic carbocycles. The minimum Gasteiger partial charge on any atom is -0.379 e. The maximum absolute atomic E-state index is 12.1. The quantitative estimate of drug-likeness (QED) is 0.856. The Kier molecular flexibility index (Phi) is 6.18. The molecule has 1 aromatic heterocycles. The van der Waals surface area contributed by atoms with Crippen molar-refractivity contribution >= 4 is 22.4 Å². The minimum absolute atomic E-state index is 0.0290. The maximum Gasteiger partial charge on any atom is 0.226 e. The number of amides is 1. The van der Waals surface area contributed by atoms with E-state index in [0.717, 1.165) is 44.1 Å². The van der Waals surface area contributed by atoms with Gasteiger partial charge in [-0.15, -0.1) is 0 Å². The summed E-state index contributed by atoms with van der Waals surface area (Å²) in [6, 6.07) is 10.2. The number of rotatable bonds is 6. The Hall–Kier alpha value is -1.76. The summed E-state index contributed by atoms with van der Waals surface area (Å²) in [7, 11) is 0. The second kappa shape index (κ2) is 8.56. The Balaban J connectivity index is 1.82. The average Bonchev–Trinajstić information content (AvgIpc) is 2.98. The molecule has 1 aliphatic rings. The first-order valence-electron chi connectivity index (χ1n) is 8.77. The number of aromatic nitrogens is 1. The highest BCUT2D eigenvalue weighted by Crippen LogP contribution is 2.32. The van der Waals surface area contributed by atoms with Gasteiger partial charge in [-0.2, -0.15) is 0 Å². The SMILES string of the molecule is CC(C)CC(=O)Nc1nc(-c2ccccc2)c(CN2CCOCC2)s1. The number of hydrogen-bond donors (Lipinski definition) is 1. The van der Waals surface area contributed by atoms with Gasteiger partial charge in [0.05, 0.1) is 18.9 Å². The van der Waals surface area contributed by atoms with Crippen molar-refractivity contribution in [1.82, 2.24) is 9.88 Å². The third kappa shape index (κ3) is 5.11. The van der Waals surface area contributed by atoms with Gasteiger partial charge in [-0.1, -0.05) is 55.5 Å². The molecule has 0 spiro atoms. The molecule has 3 rings (SSSR count). The lowest BCUT2D eigenvalue weighted by molar-refractivity contribution is -0.116. The lowest BCUT2D eigenvalue weighted by Gasteiger charge is -2.26.